The molecule has 0 radical (unpaired) electrons. The molecule has 79 heavy (non-hydrogen) atoms. The van der Waals surface area contributed by atoms with Crippen LogP contribution < -0.4 is 0 Å². The molecule has 7 heterocycles. The number of hydrogen-bond donors (Lipinski definition) is 0. The zero-order valence-corrected chi connectivity index (χ0v) is 42.3. The molecule has 0 amide bonds. The van der Waals surface area contributed by atoms with E-state index in [2.05, 4.69) is 259 Å². The fourth-order valence-electron chi connectivity index (χ4n) is 13.3. The maximum atomic E-state index is 12.9. The average Bonchev–Trinajstić information content (AvgIpc) is 4.10. The first-order valence-electron chi connectivity index (χ1n) is 26.6. The van der Waals surface area contributed by atoms with Crippen LogP contribution in [0.15, 0.2) is 255 Å². The van der Waals surface area contributed by atoms with E-state index in [-0.39, 0.29) is 0 Å². The molecule has 8 nitrogen and oxygen atoms in total. The predicted octanol–water partition coefficient (Wildman–Crippen LogP) is 17.5. The van der Waals surface area contributed by atoms with Crippen LogP contribution in [-0.4, -0.2) is 32.8 Å². The van der Waals surface area contributed by atoms with Crippen LogP contribution in [0.1, 0.15) is 5.56 Å². The molecule has 366 valence electrons. The summed E-state index contributed by atoms with van der Waals surface area (Å²) >= 11 is 0. The molecule has 0 fully saturated rings. The molecule has 0 atom stereocenters. The van der Waals surface area contributed by atoms with Crippen LogP contribution in [-0.2, 0) is 0 Å². The fraction of sp³-hybridized carbons (Fsp3) is 0. The third-order valence-electron chi connectivity index (χ3n) is 16.4. The minimum Gasteiger partial charge on any atom is -0.306 e. The quantitative estimate of drug-likeness (QED) is 0.167. The Morgan fingerprint density at radius 3 is 0.823 bits per heavy atom. The first-order chi connectivity index (χ1) is 39.2. The van der Waals surface area contributed by atoms with Crippen LogP contribution in [0.4, 0.5) is 0 Å². The smallest absolute Gasteiger partial charge is 0.115 e. The van der Waals surface area contributed by atoms with E-state index in [9.17, 15) is 5.26 Å². The molecule has 17 aromatic rings. The third-order valence-corrected chi connectivity index (χ3v) is 16.4. The summed E-state index contributed by atoms with van der Waals surface area (Å²) in [6, 6.07) is 89.7. The molecular formula is C71H42N8. The van der Waals surface area contributed by atoms with Gasteiger partial charge in [0.05, 0.1) is 77.9 Å². The van der Waals surface area contributed by atoms with Crippen molar-refractivity contribution in [3.63, 3.8) is 0 Å². The van der Waals surface area contributed by atoms with E-state index in [0.717, 1.165) is 149 Å². The lowest BCUT2D eigenvalue weighted by molar-refractivity contribution is 1.04. The summed E-state index contributed by atoms with van der Waals surface area (Å²) < 4.78 is 11.9. The molecule has 0 aliphatic heterocycles. The minimum absolute atomic E-state index is 0.525. The Morgan fingerprint density at radius 2 is 0.532 bits per heavy atom. The van der Waals surface area contributed by atoms with E-state index < -0.39 is 0 Å². The Bertz CT molecular complexity index is 4940. The lowest BCUT2D eigenvalue weighted by atomic mass is 9.93. The van der Waals surface area contributed by atoms with Crippen LogP contribution in [0, 0.1) is 11.3 Å². The van der Waals surface area contributed by atoms with E-state index >= 15 is 0 Å². The molecule has 0 saturated heterocycles. The highest BCUT2D eigenvalue weighted by Gasteiger charge is 2.35. The van der Waals surface area contributed by atoms with Crippen LogP contribution in [0.3, 0.4) is 0 Å². The van der Waals surface area contributed by atoms with Gasteiger partial charge in [-0.25, -0.2) is 0 Å². The predicted molar refractivity (Wildman–Crippen MR) is 324 cm³/mol. The Labute approximate surface area is 451 Å². The lowest BCUT2D eigenvalue weighted by Gasteiger charge is -2.29. The van der Waals surface area contributed by atoms with Gasteiger partial charge in [0.2, 0.25) is 0 Å². The first-order valence-corrected chi connectivity index (χ1v) is 26.6. The van der Waals surface area contributed by atoms with Gasteiger partial charge in [-0.2, -0.15) is 5.26 Å². The second-order valence-electron chi connectivity index (χ2n) is 20.4. The van der Waals surface area contributed by atoms with E-state index in [1.165, 1.54) is 0 Å². The number of hydrogen-bond acceptors (Lipinski definition) is 3. The monoisotopic (exact) mass is 1010 g/mol. The maximum absolute atomic E-state index is 12.9. The number of para-hydroxylation sites is 8. The summed E-state index contributed by atoms with van der Waals surface area (Å²) in [6.45, 7) is 0. The van der Waals surface area contributed by atoms with Gasteiger partial charge in [-0.3, -0.25) is 9.97 Å². The summed E-state index contributed by atoms with van der Waals surface area (Å²) in [6.07, 6.45) is 3.68. The number of pyridine rings is 2. The highest BCUT2D eigenvalue weighted by molar-refractivity contribution is 6.17. The van der Waals surface area contributed by atoms with Gasteiger partial charge in [0.25, 0.3) is 0 Å². The van der Waals surface area contributed by atoms with Crippen LogP contribution in [0.5, 0.6) is 0 Å². The highest BCUT2D eigenvalue weighted by atomic mass is 15.1. The molecular weight excluding hydrogens is 965 g/mol. The molecule has 10 aromatic carbocycles. The molecule has 0 spiro atoms. The Balaban J connectivity index is 1.17. The number of benzene rings is 10. The van der Waals surface area contributed by atoms with Crippen molar-refractivity contribution in [2.45, 2.75) is 0 Å². The first kappa shape index (κ1) is 43.3. The lowest BCUT2D eigenvalue weighted by Crippen LogP contribution is -2.16. The van der Waals surface area contributed by atoms with E-state index in [0.29, 0.717) is 5.56 Å². The molecule has 17 rings (SSSR count). The topological polar surface area (TPSA) is 74.2 Å². The zero-order chi connectivity index (χ0) is 51.9. The van der Waals surface area contributed by atoms with Gasteiger partial charge in [-0.15, -0.1) is 0 Å². The number of nitriles is 1. The summed E-state index contributed by atoms with van der Waals surface area (Å²) in [5.41, 5.74) is 18.4. The summed E-state index contributed by atoms with van der Waals surface area (Å²) in [5, 5.41) is 21.7. The van der Waals surface area contributed by atoms with Crippen LogP contribution >= 0.6 is 0 Å². The number of aromatic nitrogens is 7. The molecule has 0 N–H and O–H groups in total. The van der Waals surface area contributed by atoms with Crippen LogP contribution in [0.25, 0.3) is 149 Å². The molecule has 0 bridgehead atoms. The van der Waals surface area contributed by atoms with Crippen molar-refractivity contribution >= 4 is 109 Å². The van der Waals surface area contributed by atoms with Gasteiger partial charge >= 0.3 is 0 Å². The maximum Gasteiger partial charge on any atom is 0.115 e. The van der Waals surface area contributed by atoms with E-state index in [4.69, 9.17) is 9.97 Å². The second kappa shape index (κ2) is 16.5. The number of fused-ring (bicyclic) bond motifs is 15. The summed E-state index contributed by atoms with van der Waals surface area (Å²) in [4.78, 5) is 9.70. The van der Waals surface area contributed by atoms with Gasteiger partial charge in [0.1, 0.15) is 22.7 Å². The molecule has 8 heteroatoms. The SMILES string of the molecule is N#Cc1c(-n2c3ccccc3c3ccccc32)c(-n2c3ccccc3c3ccccc32)c(-c2ccc(-n3c4cccnc4c4ncccc43)cc2)c(-n2c3ccccc3c3ccccc32)c1-n1c2ccccc2c2ccccc21. The second-order valence-corrected chi connectivity index (χ2v) is 20.4. The average molecular weight is 1010 g/mol. The summed E-state index contributed by atoms with van der Waals surface area (Å²) in [5.74, 6) is 0. The molecule has 0 aliphatic carbocycles. The normalized spacial score (nSPS) is 12.0. The van der Waals surface area contributed by atoms with Crippen molar-refractivity contribution in [3.8, 4) is 45.6 Å². The van der Waals surface area contributed by atoms with Crippen molar-refractivity contribution in [1.29, 1.82) is 5.26 Å². The van der Waals surface area contributed by atoms with E-state index in [1.807, 2.05) is 24.5 Å². The third kappa shape index (κ3) is 5.90. The molecule has 0 aliphatic rings. The van der Waals surface area contributed by atoms with Gasteiger partial charge in [-0.1, -0.05) is 158 Å². The Kier molecular flexibility index (Phi) is 9.03. The highest BCUT2D eigenvalue weighted by Crippen LogP contribution is 2.52. The van der Waals surface area contributed by atoms with Gasteiger partial charge in [-0.05, 0) is 90.5 Å². The molecule has 7 aromatic heterocycles. The number of nitrogens with zero attached hydrogens (tertiary/aromatic N) is 8. The van der Waals surface area contributed by atoms with Gasteiger partial charge in [0, 0.05) is 66.7 Å². The molecule has 0 unspecified atom stereocenters. The van der Waals surface area contributed by atoms with Crippen molar-refractivity contribution in [3.05, 3.63) is 261 Å². The van der Waals surface area contributed by atoms with Gasteiger partial charge in [0.15, 0.2) is 0 Å². The summed E-state index contributed by atoms with van der Waals surface area (Å²) in [7, 11) is 0. The Morgan fingerprint density at radius 1 is 0.266 bits per heavy atom. The van der Waals surface area contributed by atoms with Crippen molar-refractivity contribution < 1.29 is 0 Å². The minimum atomic E-state index is 0.525. The fourth-order valence-corrected chi connectivity index (χ4v) is 13.3. The zero-order valence-electron chi connectivity index (χ0n) is 42.3. The number of rotatable bonds is 6. The van der Waals surface area contributed by atoms with Gasteiger partial charge < -0.3 is 22.8 Å². The molecule has 0 saturated carbocycles. The Hall–Kier alpha value is -11.0. The van der Waals surface area contributed by atoms with Crippen molar-refractivity contribution in [2.75, 3.05) is 0 Å². The van der Waals surface area contributed by atoms with Crippen molar-refractivity contribution in [2.24, 2.45) is 0 Å². The van der Waals surface area contributed by atoms with Crippen molar-refractivity contribution in [1.82, 2.24) is 32.8 Å². The largest absolute Gasteiger partial charge is 0.306 e. The standard InChI is InChI=1S/C71H42N8/c72-43-54-68(76-55-27-9-1-19-46(55)47-20-2-10-28-56(47)76)70(78-59-31-13-5-23-50(59)51-24-6-14-32-60(51)78)65(44-37-39-45(40-38-44)75-63-35-17-41-73-66(63)67-64(75)36-18-42-74-67)71(79-61-33-15-7-25-52(61)53-26-8-16-34-62(53)79)69(54)77-57-29-11-3-21-48(57)49-22-4-12-30-58(49)77/h1-42H. The van der Waals surface area contributed by atoms with Crippen LogP contribution in [0.2, 0.25) is 0 Å². The van der Waals surface area contributed by atoms with E-state index in [1.54, 1.807) is 0 Å².